The predicted molar refractivity (Wildman–Crippen MR) is 99.4 cm³/mol. The molecule has 1 aliphatic rings. The number of hydrogen-bond acceptors (Lipinski definition) is 5. The minimum atomic E-state index is -0.322. The lowest BCUT2D eigenvalue weighted by atomic mass is 10.1. The van der Waals surface area contributed by atoms with Crippen molar-refractivity contribution in [2.24, 2.45) is 0 Å². The molecule has 0 unspecified atom stereocenters. The maximum Gasteiger partial charge on any atom is 0.293 e. The van der Waals surface area contributed by atoms with Crippen molar-refractivity contribution in [3.8, 4) is 11.5 Å². The Balaban J connectivity index is 2.41. The largest absolute Gasteiger partial charge is 0.493 e. The summed E-state index contributed by atoms with van der Waals surface area (Å²) in [5.41, 5.74) is 0.705. The average Bonchev–Trinajstić information content (AvgIpc) is 2.80. The van der Waals surface area contributed by atoms with Gasteiger partial charge in [-0.2, -0.15) is 0 Å². The number of ether oxygens (including phenoxy) is 2. The number of halogens is 1. The first-order valence-electron chi connectivity index (χ1n) is 7.47. The van der Waals surface area contributed by atoms with Gasteiger partial charge < -0.3 is 9.47 Å². The highest BCUT2D eigenvalue weighted by molar-refractivity contribution is 9.10. The van der Waals surface area contributed by atoms with Gasteiger partial charge in [0.25, 0.3) is 11.1 Å². The van der Waals surface area contributed by atoms with Crippen LogP contribution in [0, 0.1) is 0 Å². The fourth-order valence-electron chi connectivity index (χ4n) is 2.14. The van der Waals surface area contributed by atoms with Crippen LogP contribution in [0.2, 0.25) is 0 Å². The van der Waals surface area contributed by atoms with Crippen LogP contribution in [0.1, 0.15) is 19.4 Å². The quantitative estimate of drug-likeness (QED) is 0.489. The Morgan fingerprint density at radius 2 is 1.88 bits per heavy atom. The third kappa shape index (κ3) is 4.02. The van der Waals surface area contributed by atoms with Gasteiger partial charge in [-0.25, -0.2) is 0 Å². The van der Waals surface area contributed by atoms with Gasteiger partial charge in [0.2, 0.25) is 0 Å². The van der Waals surface area contributed by atoms with Crippen molar-refractivity contribution < 1.29 is 19.1 Å². The van der Waals surface area contributed by atoms with Gasteiger partial charge in [-0.3, -0.25) is 14.5 Å². The Bertz CT molecular complexity index is 702. The van der Waals surface area contributed by atoms with E-state index >= 15 is 0 Å². The molecular formula is C17H18BrNO4S. The lowest BCUT2D eigenvalue weighted by Crippen LogP contribution is -2.27. The zero-order valence-corrected chi connectivity index (χ0v) is 15.9. The molecule has 1 heterocycles. The molecule has 1 aromatic carbocycles. The Morgan fingerprint density at radius 3 is 2.50 bits per heavy atom. The molecule has 0 spiro atoms. The van der Waals surface area contributed by atoms with Crippen molar-refractivity contribution in [2.45, 2.75) is 13.8 Å². The lowest BCUT2D eigenvalue weighted by Gasteiger charge is -2.13. The summed E-state index contributed by atoms with van der Waals surface area (Å²) in [7, 11) is 0. The summed E-state index contributed by atoms with van der Waals surface area (Å²) in [4.78, 5) is 25.8. The Kier molecular flexibility index (Phi) is 6.51. The molecule has 1 fully saturated rings. The van der Waals surface area contributed by atoms with Crippen LogP contribution < -0.4 is 9.47 Å². The normalized spacial score (nSPS) is 16.0. The van der Waals surface area contributed by atoms with Crippen LogP contribution in [0.5, 0.6) is 11.5 Å². The van der Waals surface area contributed by atoms with Crippen LogP contribution >= 0.6 is 27.7 Å². The second-order valence-corrected chi connectivity index (χ2v) is 6.62. The number of hydrogen-bond donors (Lipinski definition) is 0. The number of benzene rings is 1. The zero-order valence-electron chi connectivity index (χ0n) is 13.5. The lowest BCUT2D eigenvalue weighted by molar-refractivity contribution is -0.122. The van der Waals surface area contributed by atoms with E-state index < -0.39 is 0 Å². The highest BCUT2D eigenvalue weighted by atomic mass is 79.9. The van der Waals surface area contributed by atoms with Gasteiger partial charge in [0.1, 0.15) is 11.5 Å². The number of amides is 2. The summed E-state index contributed by atoms with van der Waals surface area (Å²) in [5.74, 6) is 0.940. The SMILES string of the molecule is C=CCN1C(=O)SC(=Cc2cc(Br)c(OCC)cc2OCC)C1=O. The molecule has 0 atom stereocenters. The fraction of sp³-hybridized carbons (Fsp3) is 0.294. The standard InChI is InChI=1S/C17H18BrNO4S/c1-4-7-19-16(20)15(24-17(19)21)9-11-8-12(18)14(23-6-3)10-13(11)22-5-2/h4,8-10H,1,5-7H2,2-3H3. The Labute approximate surface area is 153 Å². The molecule has 24 heavy (non-hydrogen) atoms. The van der Waals surface area contributed by atoms with Gasteiger partial charge in [-0.05, 0) is 53.7 Å². The summed E-state index contributed by atoms with van der Waals surface area (Å²) >= 11 is 4.37. The monoisotopic (exact) mass is 411 g/mol. The van der Waals surface area contributed by atoms with E-state index in [4.69, 9.17) is 9.47 Å². The van der Waals surface area contributed by atoms with E-state index in [2.05, 4.69) is 22.5 Å². The molecule has 7 heteroatoms. The highest BCUT2D eigenvalue weighted by Gasteiger charge is 2.34. The molecule has 1 aromatic rings. The molecule has 2 amide bonds. The van der Waals surface area contributed by atoms with Gasteiger partial charge in [-0.15, -0.1) is 6.58 Å². The van der Waals surface area contributed by atoms with Crippen LogP contribution in [-0.4, -0.2) is 35.8 Å². The zero-order chi connectivity index (χ0) is 17.7. The summed E-state index contributed by atoms with van der Waals surface area (Å²) in [6, 6.07) is 3.59. The second kappa shape index (κ2) is 8.39. The highest BCUT2D eigenvalue weighted by Crippen LogP contribution is 2.38. The summed E-state index contributed by atoms with van der Waals surface area (Å²) < 4.78 is 11.9. The van der Waals surface area contributed by atoms with Crippen molar-refractivity contribution in [3.63, 3.8) is 0 Å². The van der Waals surface area contributed by atoms with Gasteiger partial charge >= 0.3 is 0 Å². The minimum Gasteiger partial charge on any atom is -0.493 e. The number of thioether (sulfide) groups is 1. The van der Waals surface area contributed by atoms with Crippen molar-refractivity contribution in [1.29, 1.82) is 0 Å². The van der Waals surface area contributed by atoms with E-state index in [0.717, 1.165) is 21.1 Å². The van der Waals surface area contributed by atoms with Gasteiger partial charge in [0.05, 0.1) is 22.6 Å². The van der Waals surface area contributed by atoms with Crippen LogP contribution in [0.25, 0.3) is 6.08 Å². The third-order valence-corrected chi connectivity index (χ3v) is 4.66. The molecular weight excluding hydrogens is 394 g/mol. The Hall–Kier alpha value is -1.73. The molecule has 0 radical (unpaired) electrons. The molecule has 2 rings (SSSR count). The molecule has 1 aliphatic heterocycles. The minimum absolute atomic E-state index is 0.202. The maximum absolute atomic E-state index is 12.3. The number of carbonyl (C=O) groups is 2. The topological polar surface area (TPSA) is 55.8 Å². The number of nitrogens with zero attached hydrogens (tertiary/aromatic N) is 1. The number of imide groups is 1. The van der Waals surface area contributed by atoms with Crippen molar-refractivity contribution in [2.75, 3.05) is 19.8 Å². The Morgan fingerprint density at radius 1 is 1.21 bits per heavy atom. The summed E-state index contributed by atoms with van der Waals surface area (Å²) in [6.45, 7) is 8.55. The van der Waals surface area contributed by atoms with Crippen molar-refractivity contribution in [3.05, 3.63) is 39.7 Å². The molecule has 0 aliphatic carbocycles. The van der Waals surface area contributed by atoms with Crippen LogP contribution in [0.15, 0.2) is 34.2 Å². The van der Waals surface area contributed by atoms with E-state index in [1.807, 2.05) is 19.9 Å². The van der Waals surface area contributed by atoms with Crippen molar-refractivity contribution in [1.82, 2.24) is 4.90 Å². The molecule has 128 valence electrons. The van der Waals surface area contributed by atoms with E-state index in [-0.39, 0.29) is 17.7 Å². The fourth-order valence-corrected chi connectivity index (χ4v) is 3.45. The first-order chi connectivity index (χ1) is 11.5. The first kappa shape index (κ1) is 18.6. The molecule has 0 aromatic heterocycles. The van der Waals surface area contributed by atoms with Crippen molar-refractivity contribution >= 4 is 44.9 Å². The third-order valence-electron chi connectivity index (χ3n) is 3.14. The van der Waals surface area contributed by atoms with Gasteiger partial charge in [0.15, 0.2) is 0 Å². The van der Waals surface area contributed by atoms with Crippen LogP contribution in [0.4, 0.5) is 4.79 Å². The molecule has 0 N–H and O–H groups in total. The van der Waals surface area contributed by atoms with Crippen LogP contribution in [-0.2, 0) is 4.79 Å². The van der Waals surface area contributed by atoms with Gasteiger partial charge in [0, 0.05) is 18.2 Å². The number of rotatable bonds is 7. The maximum atomic E-state index is 12.3. The second-order valence-electron chi connectivity index (χ2n) is 4.77. The van der Waals surface area contributed by atoms with E-state index in [0.29, 0.717) is 35.2 Å². The molecule has 5 nitrogen and oxygen atoms in total. The molecule has 0 bridgehead atoms. The summed E-state index contributed by atoms with van der Waals surface area (Å²) in [5, 5.41) is -0.297. The summed E-state index contributed by atoms with van der Waals surface area (Å²) in [6.07, 6.45) is 3.19. The molecule has 1 saturated heterocycles. The predicted octanol–water partition coefficient (Wildman–Crippen LogP) is 4.47. The number of carbonyl (C=O) groups excluding carboxylic acids is 2. The molecule has 0 saturated carbocycles. The average molecular weight is 412 g/mol. The van der Waals surface area contributed by atoms with E-state index in [1.165, 1.54) is 6.08 Å². The smallest absolute Gasteiger partial charge is 0.293 e. The van der Waals surface area contributed by atoms with E-state index in [1.54, 1.807) is 12.1 Å². The van der Waals surface area contributed by atoms with E-state index in [9.17, 15) is 9.59 Å². The van der Waals surface area contributed by atoms with Gasteiger partial charge in [-0.1, -0.05) is 6.08 Å². The van der Waals surface area contributed by atoms with Crippen LogP contribution in [0.3, 0.4) is 0 Å². The first-order valence-corrected chi connectivity index (χ1v) is 9.08.